The minimum absolute atomic E-state index is 0.228. The van der Waals surface area contributed by atoms with E-state index in [9.17, 15) is 4.79 Å². The van der Waals surface area contributed by atoms with Crippen molar-refractivity contribution in [2.24, 2.45) is 0 Å². The lowest BCUT2D eigenvalue weighted by Crippen LogP contribution is -2.32. The molecule has 6 nitrogen and oxygen atoms in total. The van der Waals surface area contributed by atoms with Gasteiger partial charge in [-0.3, -0.25) is 9.69 Å². The normalized spacial score (nSPS) is 10.9. The van der Waals surface area contributed by atoms with Crippen LogP contribution in [-0.2, 0) is 27.4 Å². The number of esters is 1. The molecule has 0 aliphatic heterocycles. The molecule has 0 atom stereocenters. The number of carbonyl (C=O) groups excluding carboxylic acids is 1. The Morgan fingerprint density at radius 3 is 2.73 bits per heavy atom. The zero-order valence-corrected chi connectivity index (χ0v) is 15.8. The van der Waals surface area contributed by atoms with E-state index in [4.69, 9.17) is 14.2 Å². The Kier molecular flexibility index (Phi) is 8.18. The van der Waals surface area contributed by atoms with E-state index in [1.807, 2.05) is 24.3 Å². The number of aromatic nitrogens is 1. The molecule has 142 valence electrons. The summed E-state index contributed by atoms with van der Waals surface area (Å²) in [5.74, 6) is 0.622. The van der Waals surface area contributed by atoms with Crippen LogP contribution in [0.15, 0.2) is 42.6 Å². The minimum atomic E-state index is -0.228. The first kappa shape index (κ1) is 20.0. The molecule has 0 unspecified atom stereocenters. The molecule has 0 N–H and O–H groups in total. The molecule has 2 aromatic rings. The molecule has 0 fully saturated rings. The lowest BCUT2D eigenvalue weighted by atomic mass is 10.2. The molecule has 0 saturated heterocycles. The third-order valence-electron chi connectivity index (χ3n) is 4.20. The largest absolute Gasteiger partial charge is 0.497 e. The third kappa shape index (κ3) is 6.20. The van der Waals surface area contributed by atoms with Crippen molar-refractivity contribution in [3.05, 3.63) is 53.9 Å². The van der Waals surface area contributed by atoms with Crippen LogP contribution in [0.25, 0.3) is 0 Å². The average molecular weight is 360 g/mol. The van der Waals surface area contributed by atoms with Crippen LogP contribution in [-0.4, -0.2) is 56.5 Å². The molecule has 26 heavy (non-hydrogen) atoms. The van der Waals surface area contributed by atoms with Crippen LogP contribution < -0.4 is 4.74 Å². The summed E-state index contributed by atoms with van der Waals surface area (Å²) in [6.45, 7) is 3.14. The van der Waals surface area contributed by atoms with E-state index in [-0.39, 0.29) is 12.5 Å². The first-order valence-corrected chi connectivity index (χ1v) is 8.71. The quantitative estimate of drug-likeness (QED) is 0.455. The minimum Gasteiger partial charge on any atom is -0.497 e. The highest BCUT2D eigenvalue weighted by molar-refractivity contribution is 5.71. The standard InChI is InChI=1S/C20H28N2O4/c1-24-12-6-10-21(16-20(23)26-3)15-18-8-5-11-22(18)14-17-7-4-9-19(13-17)25-2/h4-5,7-9,11,13H,6,10,12,14-16H2,1-3H3. The van der Waals surface area contributed by atoms with E-state index in [0.717, 1.165) is 31.0 Å². The van der Waals surface area contributed by atoms with Crippen LogP contribution in [0.4, 0.5) is 0 Å². The molecule has 0 aliphatic carbocycles. The molecule has 0 saturated carbocycles. The summed E-state index contributed by atoms with van der Waals surface area (Å²) in [5.41, 5.74) is 2.31. The van der Waals surface area contributed by atoms with Crippen LogP contribution in [0.5, 0.6) is 5.75 Å². The van der Waals surface area contributed by atoms with Crippen LogP contribution in [0, 0.1) is 0 Å². The highest BCUT2D eigenvalue weighted by atomic mass is 16.5. The van der Waals surface area contributed by atoms with Crippen molar-refractivity contribution in [2.45, 2.75) is 19.5 Å². The van der Waals surface area contributed by atoms with Crippen molar-refractivity contribution < 1.29 is 19.0 Å². The van der Waals surface area contributed by atoms with Crippen molar-refractivity contribution in [3.63, 3.8) is 0 Å². The van der Waals surface area contributed by atoms with Crippen molar-refractivity contribution in [1.29, 1.82) is 0 Å². The van der Waals surface area contributed by atoms with Gasteiger partial charge in [0, 0.05) is 45.2 Å². The second-order valence-electron chi connectivity index (χ2n) is 6.11. The fourth-order valence-corrected chi connectivity index (χ4v) is 2.84. The van der Waals surface area contributed by atoms with E-state index in [1.165, 1.54) is 12.7 Å². The van der Waals surface area contributed by atoms with Crippen LogP contribution in [0.3, 0.4) is 0 Å². The van der Waals surface area contributed by atoms with Crippen LogP contribution in [0.1, 0.15) is 17.7 Å². The van der Waals surface area contributed by atoms with Gasteiger partial charge in [-0.2, -0.15) is 0 Å². The van der Waals surface area contributed by atoms with Crippen molar-refractivity contribution >= 4 is 5.97 Å². The molecule has 1 heterocycles. The molecule has 0 bridgehead atoms. The van der Waals surface area contributed by atoms with Gasteiger partial charge in [-0.05, 0) is 36.2 Å². The van der Waals surface area contributed by atoms with E-state index in [2.05, 4.69) is 27.8 Å². The van der Waals surface area contributed by atoms with Gasteiger partial charge in [0.15, 0.2) is 0 Å². The Labute approximate surface area is 155 Å². The maximum absolute atomic E-state index is 11.7. The second kappa shape index (κ2) is 10.6. The monoisotopic (exact) mass is 360 g/mol. The van der Waals surface area contributed by atoms with Gasteiger partial charge in [0.25, 0.3) is 0 Å². The first-order chi connectivity index (χ1) is 12.7. The van der Waals surface area contributed by atoms with E-state index in [1.54, 1.807) is 14.2 Å². The maximum atomic E-state index is 11.7. The Bertz CT molecular complexity index is 684. The summed E-state index contributed by atoms with van der Waals surface area (Å²) in [7, 11) is 4.77. The lowest BCUT2D eigenvalue weighted by Gasteiger charge is -2.22. The molecule has 0 aliphatic rings. The fourth-order valence-electron chi connectivity index (χ4n) is 2.84. The topological polar surface area (TPSA) is 52.9 Å². The summed E-state index contributed by atoms with van der Waals surface area (Å²) < 4.78 is 17.4. The van der Waals surface area contributed by atoms with Crippen LogP contribution >= 0.6 is 0 Å². The molecular weight excluding hydrogens is 332 g/mol. The van der Waals surface area contributed by atoms with Gasteiger partial charge in [0.2, 0.25) is 0 Å². The number of nitrogens with zero attached hydrogens (tertiary/aromatic N) is 2. The van der Waals surface area contributed by atoms with Gasteiger partial charge in [-0.1, -0.05) is 12.1 Å². The zero-order chi connectivity index (χ0) is 18.8. The average Bonchev–Trinajstić information content (AvgIpc) is 3.08. The Morgan fingerprint density at radius 1 is 1.15 bits per heavy atom. The highest BCUT2D eigenvalue weighted by Gasteiger charge is 2.13. The van der Waals surface area contributed by atoms with Crippen molar-refractivity contribution in [1.82, 2.24) is 9.47 Å². The molecule has 1 aromatic heterocycles. The van der Waals surface area contributed by atoms with Gasteiger partial charge in [-0.15, -0.1) is 0 Å². The summed E-state index contributed by atoms with van der Waals surface area (Å²) in [4.78, 5) is 13.8. The fraction of sp³-hybridized carbons (Fsp3) is 0.450. The number of carbonyl (C=O) groups is 1. The van der Waals surface area contributed by atoms with Gasteiger partial charge >= 0.3 is 5.97 Å². The summed E-state index contributed by atoms with van der Waals surface area (Å²) in [5, 5.41) is 0. The number of benzene rings is 1. The summed E-state index contributed by atoms with van der Waals surface area (Å²) in [6, 6.07) is 12.2. The Hall–Kier alpha value is -2.31. The molecule has 0 amide bonds. The van der Waals surface area contributed by atoms with E-state index in [0.29, 0.717) is 13.2 Å². The second-order valence-corrected chi connectivity index (χ2v) is 6.11. The molecule has 6 heteroatoms. The molecule has 2 rings (SSSR count). The predicted octanol–water partition coefficient (Wildman–Crippen LogP) is 2.56. The Morgan fingerprint density at radius 2 is 2.00 bits per heavy atom. The van der Waals surface area contributed by atoms with E-state index < -0.39 is 0 Å². The summed E-state index contributed by atoms with van der Waals surface area (Å²) in [6.07, 6.45) is 2.92. The highest BCUT2D eigenvalue weighted by Crippen LogP contribution is 2.16. The summed E-state index contributed by atoms with van der Waals surface area (Å²) >= 11 is 0. The maximum Gasteiger partial charge on any atom is 0.319 e. The molecule has 1 aromatic carbocycles. The predicted molar refractivity (Wildman–Crippen MR) is 100 cm³/mol. The number of hydrogen-bond donors (Lipinski definition) is 0. The number of methoxy groups -OCH3 is 3. The number of rotatable bonds is 11. The van der Waals surface area contributed by atoms with Gasteiger partial charge in [0.05, 0.1) is 20.8 Å². The van der Waals surface area contributed by atoms with Gasteiger partial charge in [-0.25, -0.2) is 0 Å². The van der Waals surface area contributed by atoms with Gasteiger partial charge in [0.1, 0.15) is 5.75 Å². The third-order valence-corrected chi connectivity index (χ3v) is 4.20. The first-order valence-electron chi connectivity index (χ1n) is 8.71. The number of ether oxygens (including phenoxy) is 3. The van der Waals surface area contributed by atoms with E-state index >= 15 is 0 Å². The van der Waals surface area contributed by atoms with Crippen molar-refractivity contribution in [3.8, 4) is 5.75 Å². The SMILES string of the molecule is COCCCN(CC(=O)OC)Cc1cccn1Cc1cccc(OC)c1. The zero-order valence-electron chi connectivity index (χ0n) is 15.8. The Balaban J connectivity index is 2.06. The van der Waals surface area contributed by atoms with Gasteiger partial charge < -0.3 is 18.8 Å². The molecule has 0 spiro atoms. The van der Waals surface area contributed by atoms with Crippen molar-refractivity contribution in [2.75, 3.05) is 41.0 Å². The molecular formula is C20H28N2O4. The smallest absolute Gasteiger partial charge is 0.319 e. The molecule has 0 radical (unpaired) electrons. The van der Waals surface area contributed by atoms with Crippen LogP contribution in [0.2, 0.25) is 0 Å². The number of hydrogen-bond acceptors (Lipinski definition) is 5. The lowest BCUT2D eigenvalue weighted by molar-refractivity contribution is -0.142.